The number of likely N-dealkylation sites (tertiary alicyclic amines) is 1. The van der Waals surface area contributed by atoms with Crippen molar-refractivity contribution in [3.63, 3.8) is 0 Å². The molecule has 0 saturated carbocycles. The first kappa shape index (κ1) is 22.4. The molecular weight excluding hydrogens is 474 g/mol. The van der Waals surface area contributed by atoms with Gasteiger partial charge in [-0.2, -0.15) is 0 Å². The normalized spacial score (nSPS) is 13.9. The van der Waals surface area contributed by atoms with Gasteiger partial charge in [-0.15, -0.1) is 11.3 Å². The zero-order valence-corrected chi connectivity index (χ0v) is 19.8. The SMILES string of the molecule is O=C(Nc1ccc2oc(=O)n(CC(=O)N3CCCCC3)c2c1)c1ccc(-c2ccc(Cl)cc2)s1. The zero-order valence-electron chi connectivity index (χ0n) is 18.3. The van der Waals surface area contributed by atoms with Crippen molar-refractivity contribution < 1.29 is 14.0 Å². The lowest BCUT2D eigenvalue weighted by molar-refractivity contribution is -0.132. The van der Waals surface area contributed by atoms with Crippen LogP contribution in [-0.4, -0.2) is 34.4 Å². The maximum atomic E-state index is 12.8. The number of hydrogen-bond donors (Lipinski definition) is 1. The molecule has 1 saturated heterocycles. The Labute approximate surface area is 204 Å². The quantitative estimate of drug-likeness (QED) is 0.410. The van der Waals surface area contributed by atoms with Gasteiger partial charge in [-0.25, -0.2) is 4.79 Å². The molecule has 0 aliphatic carbocycles. The highest BCUT2D eigenvalue weighted by atomic mass is 35.5. The van der Waals surface area contributed by atoms with Crippen LogP contribution in [0.3, 0.4) is 0 Å². The number of benzene rings is 2. The molecule has 34 heavy (non-hydrogen) atoms. The Bertz CT molecular complexity index is 1410. The van der Waals surface area contributed by atoms with E-state index in [1.165, 1.54) is 15.9 Å². The maximum Gasteiger partial charge on any atom is 0.420 e. The summed E-state index contributed by atoms with van der Waals surface area (Å²) in [6, 6.07) is 16.1. The number of fused-ring (bicyclic) bond motifs is 1. The first-order valence-corrected chi connectivity index (χ1v) is 12.3. The van der Waals surface area contributed by atoms with Crippen molar-refractivity contribution in [2.45, 2.75) is 25.8 Å². The number of anilines is 1. The van der Waals surface area contributed by atoms with E-state index in [-0.39, 0.29) is 18.4 Å². The van der Waals surface area contributed by atoms with Gasteiger partial charge in [0.15, 0.2) is 5.58 Å². The molecule has 0 radical (unpaired) electrons. The molecule has 3 heterocycles. The van der Waals surface area contributed by atoms with Crippen LogP contribution in [0.25, 0.3) is 21.5 Å². The van der Waals surface area contributed by atoms with Gasteiger partial charge in [-0.05, 0) is 67.3 Å². The topological polar surface area (TPSA) is 84.5 Å². The largest absolute Gasteiger partial charge is 0.420 e. The molecular formula is C25H22ClN3O4S. The second kappa shape index (κ2) is 9.48. The molecule has 0 bridgehead atoms. The third-order valence-corrected chi connectivity index (χ3v) is 7.27. The fourth-order valence-corrected chi connectivity index (χ4v) is 5.12. The van der Waals surface area contributed by atoms with Crippen LogP contribution < -0.4 is 11.1 Å². The summed E-state index contributed by atoms with van der Waals surface area (Å²) in [6.07, 6.45) is 3.07. The molecule has 1 aliphatic rings. The molecule has 5 rings (SSSR count). The number of aromatic nitrogens is 1. The van der Waals surface area contributed by atoms with Crippen LogP contribution >= 0.6 is 22.9 Å². The number of carbonyl (C=O) groups excluding carboxylic acids is 2. The highest BCUT2D eigenvalue weighted by Gasteiger charge is 2.20. The van der Waals surface area contributed by atoms with Crippen LogP contribution in [-0.2, 0) is 11.3 Å². The Morgan fingerprint density at radius 2 is 1.76 bits per heavy atom. The molecule has 1 N–H and O–H groups in total. The number of halogens is 1. The molecule has 174 valence electrons. The number of amides is 2. The fraction of sp³-hybridized carbons (Fsp3) is 0.240. The van der Waals surface area contributed by atoms with E-state index in [9.17, 15) is 14.4 Å². The van der Waals surface area contributed by atoms with Gasteiger partial charge in [0, 0.05) is 28.7 Å². The van der Waals surface area contributed by atoms with Crippen molar-refractivity contribution in [3.8, 4) is 10.4 Å². The number of rotatable bonds is 5. The molecule has 0 atom stereocenters. The van der Waals surface area contributed by atoms with Gasteiger partial charge in [-0.1, -0.05) is 23.7 Å². The van der Waals surface area contributed by atoms with Crippen molar-refractivity contribution in [2.75, 3.05) is 18.4 Å². The monoisotopic (exact) mass is 495 g/mol. The average Bonchev–Trinajstić information content (AvgIpc) is 3.45. The number of thiophene rings is 1. The van der Waals surface area contributed by atoms with Crippen LogP contribution in [0.5, 0.6) is 0 Å². The third kappa shape index (κ3) is 4.64. The summed E-state index contributed by atoms with van der Waals surface area (Å²) in [4.78, 5) is 41.2. The molecule has 2 aromatic heterocycles. The Hall–Kier alpha value is -3.36. The standard InChI is InChI=1S/C25H22ClN3O4S/c26-17-6-4-16(5-7-17)21-10-11-22(34-21)24(31)27-18-8-9-20-19(14-18)29(25(32)33-20)15-23(30)28-12-2-1-3-13-28/h4-11,14H,1-3,12-13,15H2,(H,27,31). The third-order valence-electron chi connectivity index (χ3n) is 5.89. The fourth-order valence-electron chi connectivity index (χ4n) is 4.09. The van der Waals surface area contributed by atoms with E-state index >= 15 is 0 Å². The Morgan fingerprint density at radius 1 is 1.00 bits per heavy atom. The van der Waals surface area contributed by atoms with E-state index in [2.05, 4.69) is 5.32 Å². The van der Waals surface area contributed by atoms with E-state index in [0.717, 1.165) is 29.7 Å². The summed E-state index contributed by atoms with van der Waals surface area (Å²) in [7, 11) is 0. The molecule has 9 heteroatoms. The van der Waals surface area contributed by atoms with Gasteiger partial charge in [0.1, 0.15) is 6.54 Å². The van der Waals surface area contributed by atoms with Gasteiger partial charge in [-0.3, -0.25) is 14.2 Å². The highest BCUT2D eigenvalue weighted by molar-refractivity contribution is 7.17. The lowest BCUT2D eigenvalue weighted by Crippen LogP contribution is -2.39. The lowest BCUT2D eigenvalue weighted by Gasteiger charge is -2.26. The average molecular weight is 496 g/mol. The minimum absolute atomic E-state index is 0.0847. The van der Waals surface area contributed by atoms with Gasteiger partial charge in [0.25, 0.3) is 5.91 Å². The molecule has 1 fully saturated rings. The van der Waals surface area contributed by atoms with Gasteiger partial charge in [0.2, 0.25) is 5.91 Å². The molecule has 0 unspecified atom stereocenters. The molecule has 1 aliphatic heterocycles. The smallest absolute Gasteiger partial charge is 0.408 e. The minimum atomic E-state index is -0.588. The van der Waals surface area contributed by atoms with E-state index in [4.69, 9.17) is 16.0 Å². The van der Waals surface area contributed by atoms with E-state index in [1.807, 2.05) is 30.3 Å². The van der Waals surface area contributed by atoms with Gasteiger partial charge >= 0.3 is 5.76 Å². The molecule has 2 aromatic carbocycles. The number of piperidine rings is 1. The van der Waals surface area contributed by atoms with Crippen molar-refractivity contribution in [3.05, 3.63) is 75.0 Å². The van der Waals surface area contributed by atoms with Crippen LogP contribution in [0.2, 0.25) is 5.02 Å². The predicted octanol–water partition coefficient (Wildman–Crippen LogP) is 5.24. The number of hydrogen-bond acceptors (Lipinski definition) is 5. The van der Waals surface area contributed by atoms with Crippen molar-refractivity contribution in [2.24, 2.45) is 0 Å². The zero-order chi connectivity index (χ0) is 23.7. The maximum absolute atomic E-state index is 12.8. The van der Waals surface area contributed by atoms with Crippen LogP contribution in [0.4, 0.5) is 5.69 Å². The molecule has 4 aromatic rings. The molecule has 7 nitrogen and oxygen atoms in total. The highest BCUT2D eigenvalue weighted by Crippen LogP contribution is 2.30. The first-order valence-electron chi connectivity index (χ1n) is 11.1. The Morgan fingerprint density at radius 3 is 2.53 bits per heavy atom. The summed E-state index contributed by atoms with van der Waals surface area (Å²) < 4.78 is 6.63. The molecule has 0 spiro atoms. The summed E-state index contributed by atoms with van der Waals surface area (Å²) in [5, 5.41) is 3.53. The second-order valence-electron chi connectivity index (χ2n) is 8.20. The van der Waals surface area contributed by atoms with Crippen molar-refractivity contribution >= 4 is 51.5 Å². The van der Waals surface area contributed by atoms with Gasteiger partial charge in [0.05, 0.1) is 10.4 Å². The number of nitrogens with zero attached hydrogens (tertiary/aromatic N) is 2. The predicted molar refractivity (Wildman–Crippen MR) is 134 cm³/mol. The van der Waals surface area contributed by atoms with E-state index < -0.39 is 5.76 Å². The van der Waals surface area contributed by atoms with E-state index in [1.54, 1.807) is 29.2 Å². The summed E-state index contributed by atoms with van der Waals surface area (Å²) in [5.41, 5.74) is 2.34. The number of carbonyl (C=O) groups is 2. The Kier molecular flexibility index (Phi) is 6.26. The first-order chi connectivity index (χ1) is 16.5. The summed E-state index contributed by atoms with van der Waals surface area (Å²) in [6.45, 7) is 1.34. The van der Waals surface area contributed by atoms with Crippen LogP contribution in [0, 0.1) is 0 Å². The van der Waals surface area contributed by atoms with Crippen molar-refractivity contribution in [1.29, 1.82) is 0 Å². The van der Waals surface area contributed by atoms with Crippen LogP contribution in [0.1, 0.15) is 28.9 Å². The van der Waals surface area contributed by atoms with Crippen LogP contribution in [0.15, 0.2) is 63.8 Å². The number of oxazole rings is 1. The minimum Gasteiger partial charge on any atom is -0.408 e. The Balaban J connectivity index is 1.34. The summed E-state index contributed by atoms with van der Waals surface area (Å²) in [5.74, 6) is -0.951. The van der Waals surface area contributed by atoms with E-state index in [0.29, 0.717) is 39.8 Å². The summed E-state index contributed by atoms with van der Waals surface area (Å²) >= 11 is 7.33. The van der Waals surface area contributed by atoms with Crippen molar-refractivity contribution in [1.82, 2.24) is 9.47 Å². The second-order valence-corrected chi connectivity index (χ2v) is 9.72. The number of nitrogens with one attached hydrogen (secondary N) is 1. The lowest BCUT2D eigenvalue weighted by atomic mass is 10.1. The van der Waals surface area contributed by atoms with Gasteiger partial charge < -0.3 is 14.6 Å². The molecule has 2 amide bonds.